The third kappa shape index (κ3) is 7.13. The van der Waals surface area contributed by atoms with E-state index in [4.69, 9.17) is 4.74 Å². The fourth-order valence-corrected chi connectivity index (χ4v) is 6.43. The molecule has 0 bridgehead atoms. The van der Waals surface area contributed by atoms with Gasteiger partial charge in [-0.25, -0.2) is 13.2 Å². The Morgan fingerprint density at radius 1 is 0.909 bits per heavy atom. The molecule has 2 saturated carbocycles. The maximum absolute atomic E-state index is 14.5. The minimum atomic E-state index is -2.98. The number of alkyl halides is 2. The molecule has 33 heavy (non-hydrogen) atoms. The second-order valence-corrected chi connectivity index (χ2v) is 10.4. The van der Waals surface area contributed by atoms with Gasteiger partial charge in [-0.15, -0.1) is 0 Å². The fraction of sp³-hybridized carbons (Fsp3) is 0.786. The van der Waals surface area contributed by atoms with Gasteiger partial charge in [0.15, 0.2) is 11.6 Å². The van der Waals surface area contributed by atoms with Crippen molar-refractivity contribution >= 4 is 0 Å². The number of halogens is 3. The van der Waals surface area contributed by atoms with E-state index in [0.29, 0.717) is 12.3 Å². The minimum absolute atomic E-state index is 0.00617. The molecule has 0 saturated heterocycles. The summed E-state index contributed by atoms with van der Waals surface area (Å²) >= 11 is 0. The third-order valence-electron chi connectivity index (χ3n) is 8.29. The van der Waals surface area contributed by atoms with Crippen LogP contribution in [0.3, 0.4) is 0 Å². The summed E-state index contributed by atoms with van der Waals surface area (Å²) in [5.74, 6) is 2.20. The van der Waals surface area contributed by atoms with Crippen molar-refractivity contribution in [1.29, 1.82) is 0 Å². The van der Waals surface area contributed by atoms with Gasteiger partial charge in [-0.05, 0) is 74.3 Å². The number of aliphatic hydroxyl groups excluding tert-OH is 1. The Balaban J connectivity index is 1.43. The van der Waals surface area contributed by atoms with Crippen LogP contribution in [0, 0.1) is 29.5 Å². The summed E-state index contributed by atoms with van der Waals surface area (Å²) in [7, 11) is 0. The van der Waals surface area contributed by atoms with E-state index in [2.05, 4.69) is 6.92 Å². The number of hydrogen-bond acceptors (Lipinski definition) is 2. The fourth-order valence-electron chi connectivity index (χ4n) is 6.43. The van der Waals surface area contributed by atoms with Gasteiger partial charge in [-0.3, -0.25) is 0 Å². The molecule has 0 heterocycles. The molecular formula is C28H43F3O2. The van der Waals surface area contributed by atoms with Crippen LogP contribution in [0.25, 0.3) is 0 Å². The normalized spacial score (nSPS) is 27.0. The molecule has 1 atom stereocenters. The van der Waals surface area contributed by atoms with E-state index in [-0.39, 0.29) is 17.9 Å². The maximum Gasteiger partial charge on any atom is 0.267 e. The zero-order chi connectivity index (χ0) is 23.8. The first-order valence-corrected chi connectivity index (χ1v) is 13.4. The van der Waals surface area contributed by atoms with Crippen molar-refractivity contribution < 1.29 is 23.0 Å². The summed E-state index contributed by atoms with van der Waals surface area (Å²) in [6.45, 7) is 4.17. The van der Waals surface area contributed by atoms with E-state index in [1.54, 1.807) is 6.92 Å². The highest BCUT2D eigenvalue weighted by Gasteiger charge is 2.31. The maximum atomic E-state index is 14.5. The molecule has 1 N–H and O–H groups in total. The van der Waals surface area contributed by atoms with E-state index in [1.807, 2.05) is 0 Å². The first kappa shape index (κ1) is 26.4. The highest BCUT2D eigenvalue weighted by Crippen LogP contribution is 2.43. The van der Waals surface area contributed by atoms with Crippen LogP contribution in [0.1, 0.15) is 121 Å². The number of ether oxygens (including phenoxy) is 1. The van der Waals surface area contributed by atoms with Gasteiger partial charge in [0.05, 0.1) is 18.3 Å². The lowest BCUT2D eigenvalue weighted by Crippen LogP contribution is -2.25. The first-order valence-electron chi connectivity index (χ1n) is 13.4. The zero-order valence-electron chi connectivity index (χ0n) is 20.5. The Bertz CT molecular complexity index is 707. The van der Waals surface area contributed by atoms with E-state index in [0.717, 1.165) is 30.6 Å². The van der Waals surface area contributed by atoms with Crippen molar-refractivity contribution in [2.24, 2.45) is 23.7 Å². The summed E-state index contributed by atoms with van der Waals surface area (Å²) in [5, 5.41) is 10.6. The van der Waals surface area contributed by atoms with Gasteiger partial charge >= 0.3 is 0 Å². The Labute approximate surface area is 198 Å². The van der Waals surface area contributed by atoms with Crippen LogP contribution in [0.15, 0.2) is 12.1 Å². The molecule has 0 radical (unpaired) electrons. The molecule has 1 aromatic carbocycles. The SMILES string of the molecule is CCCC1CCC(C2CCC(CCCC(O)c3ccc(OCC)c(F)c3C(F)F)CC2)CC1. The Morgan fingerprint density at radius 2 is 1.48 bits per heavy atom. The molecule has 2 fully saturated rings. The van der Waals surface area contributed by atoms with E-state index < -0.39 is 23.9 Å². The van der Waals surface area contributed by atoms with E-state index in [1.165, 1.54) is 76.3 Å². The topological polar surface area (TPSA) is 29.5 Å². The largest absolute Gasteiger partial charge is 0.491 e. The van der Waals surface area contributed by atoms with Crippen LogP contribution in [0.4, 0.5) is 13.2 Å². The number of benzene rings is 1. The molecule has 0 aliphatic heterocycles. The van der Waals surface area contributed by atoms with Crippen LogP contribution in [0.5, 0.6) is 5.75 Å². The third-order valence-corrected chi connectivity index (χ3v) is 8.29. The summed E-state index contributed by atoms with van der Waals surface area (Å²) in [5.41, 5.74) is -0.726. The predicted octanol–water partition coefficient (Wildman–Crippen LogP) is 8.78. The zero-order valence-corrected chi connectivity index (χ0v) is 20.5. The molecule has 0 aromatic heterocycles. The Morgan fingerprint density at radius 3 is 2.00 bits per heavy atom. The minimum Gasteiger partial charge on any atom is -0.491 e. The van der Waals surface area contributed by atoms with Crippen LogP contribution < -0.4 is 4.74 Å². The summed E-state index contributed by atoms with van der Waals surface area (Å²) < 4.78 is 46.6. The molecular weight excluding hydrogens is 425 g/mol. The lowest BCUT2D eigenvalue weighted by atomic mass is 9.68. The summed E-state index contributed by atoms with van der Waals surface area (Å²) in [6.07, 6.45) is 11.6. The first-order chi connectivity index (χ1) is 15.9. The number of aliphatic hydroxyl groups is 1. The Kier molecular flexibility index (Phi) is 10.4. The summed E-state index contributed by atoms with van der Waals surface area (Å²) in [6, 6.07) is 2.74. The average molecular weight is 469 g/mol. The number of rotatable bonds is 11. The molecule has 2 aliphatic carbocycles. The predicted molar refractivity (Wildman–Crippen MR) is 127 cm³/mol. The van der Waals surface area contributed by atoms with Gasteiger partial charge in [0.25, 0.3) is 6.43 Å². The van der Waals surface area contributed by atoms with Crippen LogP contribution in [-0.4, -0.2) is 11.7 Å². The highest BCUT2D eigenvalue weighted by molar-refractivity contribution is 5.39. The van der Waals surface area contributed by atoms with Gasteiger partial charge in [0.1, 0.15) is 0 Å². The van der Waals surface area contributed by atoms with Crippen molar-refractivity contribution in [3.63, 3.8) is 0 Å². The monoisotopic (exact) mass is 468 g/mol. The van der Waals surface area contributed by atoms with E-state index in [9.17, 15) is 18.3 Å². The smallest absolute Gasteiger partial charge is 0.267 e. The van der Waals surface area contributed by atoms with E-state index >= 15 is 0 Å². The lowest BCUT2D eigenvalue weighted by molar-refractivity contribution is 0.121. The number of hydrogen-bond donors (Lipinski definition) is 1. The molecule has 2 nitrogen and oxygen atoms in total. The van der Waals surface area contributed by atoms with Crippen LogP contribution in [-0.2, 0) is 0 Å². The van der Waals surface area contributed by atoms with Gasteiger partial charge in [-0.2, -0.15) is 0 Å². The lowest BCUT2D eigenvalue weighted by Gasteiger charge is -2.38. The van der Waals surface area contributed by atoms with Gasteiger partial charge in [0, 0.05) is 0 Å². The second kappa shape index (κ2) is 13.0. The van der Waals surface area contributed by atoms with Crippen molar-refractivity contribution in [1.82, 2.24) is 0 Å². The second-order valence-electron chi connectivity index (χ2n) is 10.4. The van der Waals surface area contributed by atoms with Crippen molar-refractivity contribution in [2.75, 3.05) is 6.61 Å². The van der Waals surface area contributed by atoms with Crippen molar-refractivity contribution in [3.05, 3.63) is 29.1 Å². The quantitative estimate of drug-likeness (QED) is 0.352. The molecule has 5 heteroatoms. The van der Waals surface area contributed by atoms with Crippen molar-refractivity contribution in [3.8, 4) is 5.75 Å². The van der Waals surface area contributed by atoms with Crippen LogP contribution >= 0.6 is 0 Å². The van der Waals surface area contributed by atoms with Crippen LogP contribution in [0.2, 0.25) is 0 Å². The highest BCUT2D eigenvalue weighted by atomic mass is 19.3. The van der Waals surface area contributed by atoms with Crippen molar-refractivity contribution in [2.45, 2.75) is 110 Å². The van der Waals surface area contributed by atoms with Gasteiger partial charge in [-0.1, -0.05) is 64.4 Å². The molecule has 188 valence electrons. The standard InChI is InChI=1S/C28H43F3O2/c1-3-6-19-9-13-21(14-10-19)22-15-11-20(12-16-22)7-5-8-24(32)23-17-18-25(33-4-2)27(29)26(23)28(30)31/h17-22,24,28,32H,3-16H2,1-2H3. The molecule has 2 aliphatic rings. The molecule has 0 spiro atoms. The van der Waals surface area contributed by atoms with Gasteiger partial charge < -0.3 is 9.84 Å². The average Bonchev–Trinajstić information content (AvgIpc) is 2.81. The molecule has 3 rings (SSSR count). The molecule has 0 amide bonds. The molecule has 1 unspecified atom stereocenters. The summed E-state index contributed by atoms with van der Waals surface area (Å²) in [4.78, 5) is 0. The molecule has 1 aromatic rings. The van der Waals surface area contributed by atoms with Gasteiger partial charge in [0.2, 0.25) is 0 Å². The Hall–Kier alpha value is -1.23.